The van der Waals surface area contributed by atoms with Gasteiger partial charge in [-0.15, -0.1) is 0 Å². The van der Waals surface area contributed by atoms with Gasteiger partial charge in [0.25, 0.3) is 0 Å². The Morgan fingerprint density at radius 1 is 1.16 bits per heavy atom. The second kappa shape index (κ2) is 5.63. The van der Waals surface area contributed by atoms with E-state index in [1.807, 2.05) is 35.0 Å². The molecule has 2 aliphatic rings. The molecule has 2 bridgehead atoms. The van der Waals surface area contributed by atoms with Crippen LogP contribution in [0.4, 0.5) is 0 Å². The molecule has 0 radical (unpaired) electrons. The van der Waals surface area contributed by atoms with Gasteiger partial charge in [-0.3, -0.25) is 0 Å². The third-order valence-corrected chi connectivity index (χ3v) is 5.04. The summed E-state index contributed by atoms with van der Waals surface area (Å²) in [5.41, 5.74) is 3.00. The van der Waals surface area contributed by atoms with Crippen LogP contribution in [-0.2, 0) is 0 Å². The van der Waals surface area contributed by atoms with Crippen LogP contribution in [0.1, 0.15) is 19.3 Å². The van der Waals surface area contributed by atoms with Crippen LogP contribution in [0.15, 0.2) is 60.9 Å². The normalized spacial score (nSPS) is 22.2. The highest BCUT2D eigenvalue weighted by molar-refractivity contribution is 5.71. The molecule has 2 atom stereocenters. The predicted molar refractivity (Wildman–Crippen MR) is 95.6 cm³/mol. The van der Waals surface area contributed by atoms with Crippen molar-refractivity contribution < 1.29 is 9.84 Å². The van der Waals surface area contributed by atoms with Gasteiger partial charge in [-0.1, -0.05) is 12.1 Å². The van der Waals surface area contributed by atoms with E-state index in [4.69, 9.17) is 4.74 Å². The van der Waals surface area contributed by atoms with Gasteiger partial charge >= 0.3 is 0 Å². The van der Waals surface area contributed by atoms with E-state index in [1.54, 1.807) is 18.5 Å². The van der Waals surface area contributed by atoms with Gasteiger partial charge in [0.1, 0.15) is 17.0 Å². The minimum Gasteiger partial charge on any atom is -0.508 e. The second-order valence-electron chi connectivity index (χ2n) is 6.81. The molecule has 5 rings (SSSR count). The summed E-state index contributed by atoms with van der Waals surface area (Å²) in [5.74, 6) is 2.12. The van der Waals surface area contributed by atoms with E-state index in [2.05, 4.69) is 16.4 Å². The Balaban J connectivity index is 1.55. The minimum absolute atomic E-state index is 0.263. The molecule has 5 nitrogen and oxygen atoms in total. The maximum atomic E-state index is 9.52. The molecule has 25 heavy (non-hydrogen) atoms. The zero-order valence-corrected chi connectivity index (χ0v) is 13.7. The third kappa shape index (κ3) is 2.66. The van der Waals surface area contributed by atoms with Gasteiger partial charge in [0.15, 0.2) is 5.75 Å². The number of nitrogens with zero attached hydrogens (tertiary/aromatic N) is 2. The van der Waals surface area contributed by atoms with Crippen LogP contribution in [0.25, 0.3) is 16.6 Å². The number of ether oxygens (including phenoxy) is 1. The summed E-state index contributed by atoms with van der Waals surface area (Å²) in [6.45, 7) is 0. The van der Waals surface area contributed by atoms with Crippen LogP contribution < -0.4 is 10.1 Å². The second-order valence-corrected chi connectivity index (χ2v) is 6.81. The molecule has 2 aliphatic heterocycles. The Morgan fingerprint density at radius 2 is 2.04 bits per heavy atom. The van der Waals surface area contributed by atoms with Crippen molar-refractivity contribution in [1.29, 1.82) is 0 Å². The number of hydrogen-bond donors (Lipinski definition) is 2. The summed E-state index contributed by atoms with van der Waals surface area (Å²) in [4.78, 5) is 4.26. The molecule has 0 amide bonds. The Labute approximate surface area is 145 Å². The van der Waals surface area contributed by atoms with Crippen molar-refractivity contribution in [2.45, 2.75) is 31.3 Å². The number of pyridine rings is 1. The molecule has 3 aromatic rings. The first kappa shape index (κ1) is 14.5. The molecule has 2 N–H and O–H groups in total. The maximum absolute atomic E-state index is 9.52. The first-order valence-corrected chi connectivity index (χ1v) is 8.64. The fourth-order valence-electron chi connectivity index (χ4n) is 3.79. The summed E-state index contributed by atoms with van der Waals surface area (Å²) in [6, 6.07) is 10.2. The van der Waals surface area contributed by atoms with Gasteiger partial charge in [-0.2, -0.15) is 0 Å². The lowest BCUT2D eigenvalue weighted by molar-refractivity contribution is 0.364. The van der Waals surface area contributed by atoms with Gasteiger partial charge < -0.3 is 19.6 Å². The monoisotopic (exact) mass is 333 g/mol. The van der Waals surface area contributed by atoms with Gasteiger partial charge in [0.2, 0.25) is 0 Å². The fraction of sp³-hybridized carbons (Fsp3) is 0.250. The molecule has 1 fully saturated rings. The molecular formula is C20H19N3O2. The average molecular weight is 333 g/mol. The minimum atomic E-state index is 0.263. The van der Waals surface area contributed by atoms with E-state index in [-0.39, 0.29) is 5.75 Å². The van der Waals surface area contributed by atoms with E-state index in [9.17, 15) is 5.11 Å². The number of fused-ring (bicyclic) bond motifs is 3. The number of rotatable bonds is 3. The van der Waals surface area contributed by atoms with E-state index < -0.39 is 0 Å². The Bertz CT molecular complexity index is 959. The zero-order valence-electron chi connectivity index (χ0n) is 13.7. The standard InChI is InChI=1S/C20H19N3O2/c24-17-5-1-13(2-6-17)14-7-20(19-10-21-12-23(19)11-14)25-18-8-15-3-4-16(9-18)22-15/h1-2,5-8,10-12,15-16,22,24H,3-4,9H2. The number of benzene rings is 1. The third-order valence-electron chi connectivity index (χ3n) is 5.04. The Morgan fingerprint density at radius 3 is 2.88 bits per heavy atom. The highest BCUT2D eigenvalue weighted by Gasteiger charge is 2.29. The molecule has 0 aliphatic carbocycles. The molecule has 5 heteroatoms. The number of imidazole rings is 1. The predicted octanol–water partition coefficient (Wildman–Crippen LogP) is 3.49. The molecule has 0 saturated carbocycles. The van der Waals surface area contributed by atoms with Crippen molar-refractivity contribution in [1.82, 2.24) is 14.7 Å². The summed E-state index contributed by atoms with van der Waals surface area (Å²) in [5, 5.41) is 13.1. The number of hydrogen-bond acceptors (Lipinski definition) is 4. The van der Waals surface area contributed by atoms with Crippen LogP contribution in [0.2, 0.25) is 0 Å². The molecular weight excluding hydrogens is 314 g/mol. The van der Waals surface area contributed by atoms with Gasteiger partial charge in [0, 0.05) is 30.3 Å². The number of phenolic OH excluding ortho intramolecular Hbond substituents is 1. The molecule has 2 unspecified atom stereocenters. The number of aromatic nitrogens is 2. The van der Waals surface area contributed by atoms with Crippen molar-refractivity contribution in [3.8, 4) is 22.6 Å². The van der Waals surface area contributed by atoms with E-state index >= 15 is 0 Å². The number of aromatic hydroxyl groups is 1. The van der Waals surface area contributed by atoms with Crippen molar-refractivity contribution >= 4 is 5.52 Å². The van der Waals surface area contributed by atoms with E-state index in [0.717, 1.165) is 34.6 Å². The van der Waals surface area contributed by atoms with Crippen molar-refractivity contribution in [2.24, 2.45) is 0 Å². The van der Waals surface area contributed by atoms with E-state index in [0.29, 0.717) is 12.1 Å². The quantitative estimate of drug-likeness (QED) is 0.770. The van der Waals surface area contributed by atoms with Crippen LogP contribution in [0.3, 0.4) is 0 Å². The summed E-state index contributed by atoms with van der Waals surface area (Å²) in [7, 11) is 0. The molecule has 4 heterocycles. The summed E-state index contributed by atoms with van der Waals surface area (Å²) < 4.78 is 8.28. The van der Waals surface area contributed by atoms with Gasteiger partial charge in [-0.25, -0.2) is 4.98 Å². The molecule has 126 valence electrons. The highest BCUT2D eigenvalue weighted by atomic mass is 16.5. The van der Waals surface area contributed by atoms with Crippen LogP contribution in [-0.4, -0.2) is 26.6 Å². The first-order valence-electron chi connectivity index (χ1n) is 8.64. The summed E-state index contributed by atoms with van der Waals surface area (Å²) >= 11 is 0. The first-order chi connectivity index (χ1) is 12.2. The van der Waals surface area contributed by atoms with Crippen molar-refractivity contribution in [3.63, 3.8) is 0 Å². The maximum Gasteiger partial charge on any atom is 0.153 e. The average Bonchev–Trinajstić information content (AvgIpc) is 3.22. The molecule has 1 saturated heterocycles. The van der Waals surface area contributed by atoms with E-state index in [1.165, 1.54) is 12.8 Å². The Kier molecular flexibility index (Phi) is 3.28. The van der Waals surface area contributed by atoms with Crippen LogP contribution in [0, 0.1) is 0 Å². The van der Waals surface area contributed by atoms with Gasteiger partial charge in [0.05, 0.1) is 12.5 Å². The smallest absolute Gasteiger partial charge is 0.153 e. The van der Waals surface area contributed by atoms with Crippen molar-refractivity contribution in [2.75, 3.05) is 0 Å². The lowest BCUT2D eigenvalue weighted by Crippen LogP contribution is -2.33. The number of nitrogens with one attached hydrogen (secondary N) is 1. The topological polar surface area (TPSA) is 58.8 Å². The lowest BCUT2D eigenvalue weighted by atomic mass is 10.1. The number of phenols is 1. The molecule has 0 spiro atoms. The molecule has 1 aromatic carbocycles. The lowest BCUT2D eigenvalue weighted by Gasteiger charge is -2.22. The fourth-order valence-corrected chi connectivity index (χ4v) is 3.79. The zero-order chi connectivity index (χ0) is 16.8. The SMILES string of the molecule is Oc1ccc(-c2cc(OC3=CC4CCC(C3)N4)c3cncn3c2)cc1. The Hall–Kier alpha value is -2.79. The molecule has 2 aromatic heterocycles. The highest BCUT2D eigenvalue weighted by Crippen LogP contribution is 2.33. The van der Waals surface area contributed by atoms with Gasteiger partial charge in [-0.05, 0) is 42.7 Å². The van der Waals surface area contributed by atoms with Crippen LogP contribution in [0.5, 0.6) is 11.5 Å². The largest absolute Gasteiger partial charge is 0.508 e. The summed E-state index contributed by atoms with van der Waals surface area (Å²) in [6.07, 6.45) is 11.2. The van der Waals surface area contributed by atoms with Crippen molar-refractivity contribution in [3.05, 3.63) is 60.9 Å². The van der Waals surface area contributed by atoms with Crippen LogP contribution >= 0.6 is 0 Å².